The van der Waals surface area contributed by atoms with E-state index in [1.807, 2.05) is 0 Å². The molecule has 0 atom stereocenters. The Bertz CT molecular complexity index is 630. The van der Waals surface area contributed by atoms with Gasteiger partial charge in [0.05, 0.1) is 22.0 Å². The minimum absolute atomic E-state index is 0.0693. The van der Waals surface area contributed by atoms with Crippen LogP contribution in [0.1, 0.15) is 17.3 Å². The average Bonchev–Trinajstić information content (AvgIpc) is 2.37. The van der Waals surface area contributed by atoms with Gasteiger partial charge in [-0.2, -0.15) is 0 Å². The minimum Gasteiger partial charge on any atom is -0.478 e. The summed E-state index contributed by atoms with van der Waals surface area (Å²) >= 11 is 5.65. The molecule has 7 nitrogen and oxygen atoms in total. The number of amides is 1. The van der Waals surface area contributed by atoms with Gasteiger partial charge in [0.25, 0.3) is 0 Å². The predicted molar refractivity (Wildman–Crippen MR) is 72.3 cm³/mol. The average molecular weight is 321 g/mol. The number of nitrogens with one attached hydrogen (secondary N) is 2. The molecule has 20 heavy (non-hydrogen) atoms. The van der Waals surface area contributed by atoms with Gasteiger partial charge in [-0.25, -0.2) is 17.9 Å². The Hall–Kier alpha value is -1.64. The lowest BCUT2D eigenvalue weighted by Gasteiger charge is -2.08. The topological polar surface area (TPSA) is 113 Å². The summed E-state index contributed by atoms with van der Waals surface area (Å²) in [6, 6.07) is 3.27. The van der Waals surface area contributed by atoms with Gasteiger partial charge < -0.3 is 10.4 Å². The van der Waals surface area contributed by atoms with E-state index in [0.29, 0.717) is 6.54 Å². The first-order valence-electron chi connectivity index (χ1n) is 5.57. The zero-order valence-corrected chi connectivity index (χ0v) is 12.1. The molecule has 0 heterocycles. The summed E-state index contributed by atoms with van der Waals surface area (Å²) in [6.45, 7) is 1.65. The van der Waals surface area contributed by atoms with Gasteiger partial charge in [-0.15, -0.1) is 0 Å². The highest BCUT2D eigenvalue weighted by molar-refractivity contribution is 7.89. The molecule has 1 aromatic carbocycles. The van der Waals surface area contributed by atoms with Crippen molar-refractivity contribution in [3.63, 3.8) is 0 Å². The molecule has 0 saturated heterocycles. The molecule has 0 aliphatic carbocycles. The molecule has 9 heteroatoms. The third kappa shape index (κ3) is 4.19. The van der Waals surface area contributed by atoms with Gasteiger partial charge in [0, 0.05) is 6.54 Å². The fourth-order valence-corrected chi connectivity index (χ4v) is 2.55. The summed E-state index contributed by atoms with van der Waals surface area (Å²) in [5.74, 6) is -1.82. The second kappa shape index (κ2) is 6.69. The zero-order valence-electron chi connectivity index (χ0n) is 10.5. The highest BCUT2D eigenvalue weighted by atomic mass is 35.5. The summed E-state index contributed by atoms with van der Waals surface area (Å²) in [5, 5.41) is 11.2. The van der Waals surface area contributed by atoms with Gasteiger partial charge in [-0.3, -0.25) is 4.79 Å². The van der Waals surface area contributed by atoms with E-state index in [4.69, 9.17) is 16.7 Å². The third-order valence-electron chi connectivity index (χ3n) is 2.28. The predicted octanol–water partition coefficient (Wildman–Crippen LogP) is 0.453. The van der Waals surface area contributed by atoms with Gasteiger partial charge >= 0.3 is 5.97 Å². The van der Waals surface area contributed by atoms with Crippen molar-refractivity contribution in [3.05, 3.63) is 28.8 Å². The Morgan fingerprint density at radius 3 is 2.55 bits per heavy atom. The Morgan fingerprint density at radius 1 is 1.35 bits per heavy atom. The lowest BCUT2D eigenvalue weighted by atomic mass is 10.2. The van der Waals surface area contributed by atoms with Crippen molar-refractivity contribution in [1.82, 2.24) is 10.0 Å². The van der Waals surface area contributed by atoms with E-state index in [0.717, 1.165) is 12.1 Å². The van der Waals surface area contributed by atoms with Crippen LogP contribution >= 0.6 is 11.6 Å². The molecule has 0 radical (unpaired) electrons. The van der Waals surface area contributed by atoms with Crippen molar-refractivity contribution in [3.8, 4) is 0 Å². The number of carbonyl (C=O) groups excluding carboxylic acids is 1. The monoisotopic (exact) mass is 320 g/mol. The number of rotatable bonds is 6. The maximum absolute atomic E-state index is 11.9. The van der Waals surface area contributed by atoms with Crippen molar-refractivity contribution < 1.29 is 23.1 Å². The highest BCUT2D eigenvalue weighted by Crippen LogP contribution is 2.20. The van der Waals surface area contributed by atoms with Crippen molar-refractivity contribution in [2.75, 3.05) is 13.1 Å². The largest absolute Gasteiger partial charge is 0.478 e. The molecule has 0 aliphatic heterocycles. The van der Waals surface area contributed by atoms with Gasteiger partial charge in [0.2, 0.25) is 15.9 Å². The molecule has 1 rings (SSSR count). The Balaban J connectivity index is 2.96. The summed E-state index contributed by atoms with van der Waals surface area (Å²) in [7, 11) is -3.98. The highest BCUT2D eigenvalue weighted by Gasteiger charge is 2.19. The first kappa shape index (κ1) is 16.4. The van der Waals surface area contributed by atoms with Crippen molar-refractivity contribution in [2.24, 2.45) is 0 Å². The standard InChI is InChI=1S/C11H13ClN2O5S/c1-2-13-10(15)6-14-20(18,19)7-3-4-9(12)8(5-7)11(16)17/h3-5,14H,2,6H2,1H3,(H,13,15)(H,16,17). The summed E-state index contributed by atoms with van der Waals surface area (Å²) in [5.41, 5.74) is -0.326. The SMILES string of the molecule is CCNC(=O)CNS(=O)(=O)c1ccc(Cl)c(C(=O)O)c1. The van der Waals surface area contributed by atoms with Crippen LogP contribution in [0.3, 0.4) is 0 Å². The number of halogens is 1. The zero-order chi connectivity index (χ0) is 15.3. The second-order valence-corrected chi connectivity index (χ2v) is 5.90. The lowest BCUT2D eigenvalue weighted by molar-refractivity contribution is -0.119. The second-order valence-electron chi connectivity index (χ2n) is 3.72. The van der Waals surface area contributed by atoms with E-state index >= 15 is 0 Å². The third-order valence-corrected chi connectivity index (χ3v) is 4.00. The molecule has 1 aromatic rings. The van der Waals surface area contributed by atoms with Crippen LogP contribution in [0.15, 0.2) is 23.1 Å². The summed E-state index contributed by atoms with van der Waals surface area (Å²) in [6.07, 6.45) is 0. The smallest absolute Gasteiger partial charge is 0.337 e. The maximum Gasteiger partial charge on any atom is 0.337 e. The van der Waals surface area contributed by atoms with E-state index in [2.05, 4.69) is 10.0 Å². The number of carboxylic acids is 1. The number of benzene rings is 1. The van der Waals surface area contributed by atoms with E-state index < -0.39 is 28.4 Å². The van der Waals surface area contributed by atoms with Crippen LogP contribution in [0.4, 0.5) is 0 Å². The summed E-state index contributed by atoms with van der Waals surface area (Å²) < 4.78 is 25.9. The molecule has 0 fully saturated rings. The molecule has 0 saturated carbocycles. The molecule has 0 unspecified atom stereocenters. The first-order valence-corrected chi connectivity index (χ1v) is 7.43. The van der Waals surface area contributed by atoms with E-state index in [-0.39, 0.29) is 15.5 Å². The molecule has 0 spiro atoms. The minimum atomic E-state index is -3.98. The van der Waals surface area contributed by atoms with Crippen LogP contribution in [0.2, 0.25) is 5.02 Å². The molecule has 110 valence electrons. The number of sulfonamides is 1. The summed E-state index contributed by atoms with van der Waals surface area (Å²) in [4.78, 5) is 21.8. The van der Waals surface area contributed by atoms with Gasteiger partial charge in [0.1, 0.15) is 0 Å². The van der Waals surface area contributed by atoms with Crippen molar-refractivity contribution >= 4 is 33.5 Å². The molecular formula is C11H13ClN2O5S. The number of carbonyl (C=O) groups is 2. The van der Waals surface area contributed by atoms with Crippen LogP contribution in [0, 0.1) is 0 Å². The molecule has 0 aromatic heterocycles. The van der Waals surface area contributed by atoms with Crippen LogP contribution in [-0.2, 0) is 14.8 Å². The first-order chi connectivity index (χ1) is 9.27. The van der Waals surface area contributed by atoms with E-state index in [1.165, 1.54) is 6.07 Å². The van der Waals surface area contributed by atoms with E-state index in [9.17, 15) is 18.0 Å². The maximum atomic E-state index is 11.9. The Labute approximate surface area is 121 Å². The fourth-order valence-electron chi connectivity index (χ4n) is 1.34. The number of hydrogen-bond donors (Lipinski definition) is 3. The van der Waals surface area contributed by atoms with Gasteiger partial charge in [-0.1, -0.05) is 11.6 Å². The quantitative estimate of drug-likeness (QED) is 0.704. The lowest BCUT2D eigenvalue weighted by Crippen LogP contribution is -2.36. The Kier molecular flexibility index (Phi) is 5.49. The molecule has 0 aliphatic rings. The molecule has 3 N–H and O–H groups in total. The van der Waals surface area contributed by atoms with Crippen LogP contribution in [0.5, 0.6) is 0 Å². The van der Waals surface area contributed by atoms with Crippen LogP contribution in [-0.4, -0.2) is 38.5 Å². The number of aromatic carboxylic acids is 1. The fraction of sp³-hybridized carbons (Fsp3) is 0.273. The van der Waals surface area contributed by atoms with Gasteiger partial charge in [-0.05, 0) is 25.1 Å². The number of hydrogen-bond acceptors (Lipinski definition) is 4. The molecule has 1 amide bonds. The normalized spacial score (nSPS) is 11.1. The van der Waals surface area contributed by atoms with Gasteiger partial charge in [0.15, 0.2) is 0 Å². The van der Waals surface area contributed by atoms with E-state index in [1.54, 1.807) is 6.92 Å². The Morgan fingerprint density at radius 2 is 2.00 bits per heavy atom. The van der Waals surface area contributed by atoms with Crippen molar-refractivity contribution in [1.29, 1.82) is 0 Å². The molecular weight excluding hydrogens is 308 g/mol. The van der Waals surface area contributed by atoms with Crippen LogP contribution < -0.4 is 10.0 Å². The molecule has 0 bridgehead atoms. The number of likely N-dealkylation sites (N-methyl/N-ethyl adjacent to an activating group) is 1. The van der Waals surface area contributed by atoms with Crippen molar-refractivity contribution in [2.45, 2.75) is 11.8 Å². The number of carboxylic acid groups (broad SMARTS) is 1. The van der Waals surface area contributed by atoms with Crippen LogP contribution in [0.25, 0.3) is 0 Å².